The van der Waals surface area contributed by atoms with E-state index in [1.807, 2.05) is 36.4 Å². The molecule has 0 atom stereocenters. The van der Waals surface area contributed by atoms with Crippen LogP contribution in [0, 0.1) is 5.82 Å². The molecule has 142 valence electrons. The van der Waals surface area contributed by atoms with Crippen molar-refractivity contribution in [2.45, 2.75) is 6.54 Å². The molecule has 0 spiro atoms. The normalized spacial score (nSPS) is 11.2. The number of benzene rings is 3. The minimum Gasteiger partial charge on any atom is -0.467 e. The van der Waals surface area contributed by atoms with Crippen LogP contribution in [0.15, 0.2) is 83.5 Å². The van der Waals surface area contributed by atoms with Crippen LogP contribution >= 0.6 is 11.3 Å². The molecule has 0 aliphatic carbocycles. The highest BCUT2D eigenvalue weighted by molar-refractivity contribution is 7.22. The molecule has 29 heavy (non-hydrogen) atoms. The standard InChI is InChI=1S/C23H15FN2O2S/c24-19-8-3-9-20-21(19)25-23(29-20)26(14-18-7-4-12-28-18)22(27)17-11-10-15-5-1-2-6-16(15)13-17/h1-13H,14H2. The van der Waals surface area contributed by atoms with E-state index < -0.39 is 5.82 Å². The van der Waals surface area contributed by atoms with Gasteiger partial charge in [-0.05, 0) is 47.2 Å². The lowest BCUT2D eigenvalue weighted by molar-refractivity contribution is 0.0983. The average molecular weight is 402 g/mol. The van der Waals surface area contributed by atoms with Crippen LogP contribution in [0.25, 0.3) is 21.0 Å². The Morgan fingerprint density at radius 1 is 1.00 bits per heavy atom. The van der Waals surface area contributed by atoms with Crippen LogP contribution < -0.4 is 4.90 Å². The van der Waals surface area contributed by atoms with E-state index in [1.165, 1.54) is 22.3 Å². The van der Waals surface area contributed by atoms with Gasteiger partial charge in [0.1, 0.15) is 17.1 Å². The topological polar surface area (TPSA) is 46.3 Å². The zero-order chi connectivity index (χ0) is 19.8. The summed E-state index contributed by atoms with van der Waals surface area (Å²) in [5, 5.41) is 2.47. The molecule has 0 fully saturated rings. The van der Waals surface area contributed by atoms with Gasteiger partial charge in [-0.1, -0.05) is 47.7 Å². The van der Waals surface area contributed by atoms with Crippen molar-refractivity contribution in [3.8, 4) is 0 Å². The third-order valence-electron chi connectivity index (χ3n) is 4.72. The van der Waals surface area contributed by atoms with Crippen molar-refractivity contribution in [2.24, 2.45) is 0 Å². The summed E-state index contributed by atoms with van der Waals surface area (Å²) in [6.45, 7) is 0.208. The number of carbonyl (C=O) groups excluding carboxylic acids is 1. The highest BCUT2D eigenvalue weighted by Gasteiger charge is 2.23. The largest absolute Gasteiger partial charge is 0.467 e. The van der Waals surface area contributed by atoms with E-state index in [0.717, 1.165) is 10.8 Å². The maximum Gasteiger partial charge on any atom is 0.260 e. The Bertz CT molecular complexity index is 1330. The van der Waals surface area contributed by atoms with Crippen LogP contribution in [0.1, 0.15) is 16.1 Å². The van der Waals surface area contributed by atoms with Crippen LogP contribution in [-0.4, -0.2) is 10.9 Å². The molecule has 2 heterocycles. The zero-order valence-corrected chi connectivity index (χ0v) is 16.0. The van der Waals surface area contributed by atoms with Gasteiger partial charge in [0.05, 0.1) is 17.5 Å². The molecule has 0 radical (unpaired) electrons. The molecule has 3 aromatic carbocycles. The first-order valence-corrected chi connectivity index (χ1v) is 9.89. The number of rotatable bonds is 4. The summed E-state index contributed by atoms with van der Waals surface area (Å²) in [5.41, 5.74) is 0.804. The van der Waals surface area contributed by atoms with E-state index in [0.29, 0.717) is 21.2 Å². The molecule has 0 saturated heterocycles. The molecule has 1 amide bonds. The highest BCUT2D eigenvalue weighted by Crippen LogP contribution is 2.32. The van der Waals surface area contributed by atoms with Crippen molar-refractivity contribution in [1.29, 1.82) is 0 Å². The predicted molar refractivity (Wildman–Crippen MR) is 113 cm³/mol. The zero-order valence-electron chi connectivity index (χ0n) is 15.2. The number of aromatic nitrogens is 1. The van der Waals surface area contributed by atoms with Gasteiger partial charge in [0.2, 0.25) is 0 Å². The van der Waals surface area contributed by atoms with Gasteiger partial charge in [-0.15, -0.1) is 0 Å². The number of halogens is 1. The Morgan fingerprint density at radius 2 is 1.86 bits per heavy atom. The number of anilines is 1. The van der Waals surface area contributed by atoms with Crippen molar-refractivity contribution >= 4 is 43.4 Å². The van der Waals surface area contributed by atoms with Gasteiger partial charge < -0.3 is 4.42 Å². The lowest BCUT2D eigenvalue weighted by Gasteiger charge is -2.19. The molecular formula is C23H15FN2O2S. The molecule has 0 saturated carbocycles. The Kier molecular flexibility index (Phi) is 4.33. The summed E-state index contributed by atoms with van der Waals surface area (Å²) in [5.74, 6) is 0.00610. The van der Waals surface area contributed by atoms with Crippen LogP contribution in [0.2, 0.25) is 0 Å². The monoisotopic (exact) mass is 402 g/mol. The van der Waals surface area contributed by atoms with Crippen molar-refractivity contribution < 1.29 is 13.6 Å². The number of carbonyl (C=O) groups is 1. The first kappa shape index (κ1) is 17.6. The van der Waals surface area contributed by atoms with Crippen molar-refractivity contribution in [3.05, 3.63) is 96.2 Å². The molecular weight excluding hydrogens is 387 g/mol. The maximum absolute atomic E-state index is 14.2. The van der Waals surface area contributed by atoms with E-state index in [4.69, 9.17) is 4.42 Å². The van der Waals surface area contributed by atoms with E-state index in [2.05, 4.69) is 4.98 Å². The van der Waals surface area contributed by atoms with E-state index >= 15 is 0 Å². The Labute approximate surface area is 169 Å². The van der Waals surface area contributed by atoms with E-state index in [9.17, 15) is 9.18 Å². The molecule has 0 N–H and O–H groups in total. The van der Waals surface area contributed by atoms with Crippen LogP contribution in [0.5, 0.6) is 0 Å². The minimum absolute atomic E-state index is 0.208. The molecule has 0 aliphatic heterocycles. The summed E-state index contributed by atoms with van der Waals surface area (Å²) in [6, 6.07) is 21.8. The first-order chi connectivity index (χ1) is 14.2. The maximum atomic E-state index is 14.2. The summed E-state index contributed by atoms with van der Waals surface area (Å²) < 4.78 is 20.3. The van der Waals surface area contributed by atoms with Gasteiger partial charge in [0.15, 0.2) is 5.13 Å². The van der Waals surface area contributed by atoms with Crippen LogP contribution in [0.3, 0.4) is 0 Å². The molecule has 2 aromatic heterocycles. The second-order valence-corrected chi connectivity index (χ2v) is 7.62. The second-order valence-electron chi connectivity index (χ2n) is 6.62. The molecule has 6 heteroatoms. The van der Waals surface area contributed by atoms with Gasteiger partial charge in [0, 0.05) is 5.56 Å². The van der Waals surface area contributed by atoms with Crippen molar-refractivity contribution in [3.63, 3.8) is 0 Å². The molecule has 4 nitrogen and oxygen atoms in total. The highest BCUT2D eigenvalue weighted by atomic mass is 32.1. The number of para-hydroxylation sites is 1. The van der Waals surface area contributed by atoms with E-state index in [-0.39, 0.29) is 18.0 Å². The SMILES string of the molecule is O=C(c1ccc2ccccc2c1)N(Cc1ccco1)c1nc2c(F)cccc2s1. The van der Waals surface area contributed by atoms with Crippen LogP contribution in [0.4, 0.5) is 9.52 Å². The van der Waals surface area contributed by atoms with Crippen molar-refractivity contribution in [1.82, 2.24) is 4.98 Å². The Hall–Kier alpha value is -3.51. The summed E-state index contributed by atoms with van der Waals surface area (Å²) in [6.07, 6.45) is 1.56. The third-order valence-corrected chi connectivity index (χ3v) is 5.77. The molecule has 0 bridgehead atoms. The lowest BCUT2D eigenvalue weighted by atomic mass is 10.1. The summed E-state index contributed by atoms with van der Waals surface area (Å²) in [4.78, 5) is 19.4. The quantitative estimate of drug-likeness (QED) is 0.369. The lowest BCUT2D eigenvalue weighted by Crippen LogP contribution is -2.30. The number of nitrogens with zero attached hydrogens (tertiary/aromatic N) is 2. The van der Waals surface area contributed by atoms with Gasteiger partial charge in [0.25, 0.3) is 5.91 Å². The van der Waals surface area contributed by atoms with Gasteiger partial charge in [-0.3, -0.25) is 9.69 Å². The van der Waals surface area contributed by atoms with Gasteiger partial charge in [-0.25, -0.2) is 9.37 Å². The van der Waals surface area contributed by atoms with Crippen LogP contribution in [-0.2, 0) is 6.54 Å². The molecule has 5 aromatic rings. The number of thiazole rings is 1. The number of fused-ring (bicyclic) bond motifs is 2. The second kappa shape index (κ2) is 7.14. The molecule has 0 aliphatic rings. The fourth-order valence-corrected chi connectivity index (χ4v) is 4.26. The number of hydrogen-bond acceptors (Lipinski definition) is 4. The van der Waals surface area contributed by atoms with Crippen molar-refractivity contribution in [2.75, 3.05) is 4.90 Å². The average Bonchev–Trinajstić information content (AvgIpc) is 3.41. The first-order valence-electron chi connectivity index (χ1n) is 9.07. The Balaban J connectivity index is 1.60. The third kappa shape index (κ3) is 3.28. The number of hydrogen-bond donors (Lipinski definition) is 0. The Morgan fingerprint density at radius 3 is 2.66 bits per heavy atom. The van der Waals surface area contributed by atoms with Gasteiger partial charge in [-0.2, -0.15) is 0 Å². The fraction of sp³-hybridized carbons (Fsp3) is 0.0435. The molecule has 0 unspecified atom stereocenters. The van der Waals surface area contributed by atoms with Gasteiger partial charge >= 0.3 is 0 Å². The summed E-state index contributed by atoms with van der Waals surface area (Å²) in [7, 11) is 0. The van der Waals surface area contributed by atoms with E-state index in [1.54, 1.807) is 36.6 Å². The molecule has 5 rings (SSSR count). The fourth-order valence-electron chi connectivity index (χ4n) is 3.28. The minimum atomic E-state index is -0.402. The number of furan rings is 1. The summed E-state index contributed by atoms with van der Waals surface area (Å²) >= 11 is 1.28. The number of amides is 1. The smallest absolute Gasteiger partial charge is 0.260 e. The predicted octanol–water partition coefficient (Wildman–Crippen LogP) is 6.03.